The van der Waals surface area contributed by atoms with Gasteiger partial charge in [0.1, 0.15) is 11.5 Å². The van der Waals surface area contributed by atoms with Crippen molar-refractivity contribution in [1.82, 2.24) is 9.91 Å². The number of amides is 1. The molecule has 6 nitrogen and oxygen atoms in total. The Bertz CT molecular complexity index is 906. The SMILES string of the molecule is CN1N=CCC1CC1(O)CCN(C(=O)c2ccc(Oc3ccc(Cl)cc3)cc2)CC1. The monoisotopic (exact) mass is 427 g/mol. The summed E-state index contributed by atoms with van der Waals surface area (Å²) in [4.78, 5) is 14.7. The van der Waals surface area contributed by atoms with Gasteiger partial charge in [-0.2, -0.15) is 5.10 Å². The molecule has 0 aromatic heterocycles. The standard InChI is InChI=1S/C23H26ClN3O3/c1-26-19(10-13-25-26)16-23(29)11-14-27(15-12-23)22(28)17-2-6-20(7-3-17)30-21-8-4-18(24)5-9-21/h2-9,13,19,29H,10-12,14-16H2,1H3. The van der Waals surface area contributed by atoms with Gasteiger partial charge >= 0.3 is 0 Å². The molecule has 0 saturated carbocycles. The molecule has 1 amide bonds. The van der Waals surface area contributed by atoms with Gasteiger partial charge in [-0.15, -0.1) is 0 Å². The molecule has 0 radical (unpaired) electrons. The van der Waals surface area contributed by atoms with E-state index in [0.717, 1.165) is 6.42 Å². The molecular weight excluding hydrogens is 402 g/mol. The van der Waals surface area contributed by atoms with Crippen LogP contribution in [0.25, 0.3) is 0 Å². The minimum absolute atomic E-state index is 0.0172. The highest BCUT2D eigenvalue weighted by atomic mass is 35.5. The molecular formula is C23H26ClN3O3. The number of benzene rings is 2. The molecule has 1 fully saturated rings. The van der Waals surface area contributed by atoms with Gasteiger partial charge in [0, 0.05) is 43.4 Å². The first-order chi connectivity index (χ1) is 14.4. The van der Waals surface area contributed by atoms with Crippen molar-refractivity contribution >= 4 is 23.7 Å². The summed E-state index contributed by atoms with van der Waals surface area (Å²) in [6, 6.07) is 14.5. The summed E-state index contributed by atoms with van der Waals surface area (Å²) < 4.78 is 5.78. The molecule has 2 aliphatic heterocycles. The first kappa shape index (κ1) is 20.7. The lowest BCUT2D eigenvalue weighted by Gasteiger charge is -2.40. The van der Waals surface area contributed by atoms with Crippen LogP contribution in [0.2, 0.25) is 5.02 Å². The zero-order valence-corrected chi connectivity index (χ0v) is 17.8. The van der Waals surface area contributed by atoms with Crippen LogP contribution in [0.15, 0.2) is 53.6 Å². The Morgan fingerprint density at radius 1 is 1.13 bits per heavy atom. The lowest BCUT2D eigenvalue weighted by molar-refractivity contribution is -0.0368. The zero-order chi connectivity index (χ0) is 21.1. The van der Waals surface area contributed by atoms with Crippen LogP contribution in [-0.2, 0) is 0 Å². The minimum atomic E-state index is -0.736. The number of nitrogens with zero attached hydrogens (tertiary/aromatic N) is 3. The average molecular weight is 428 g/mol. The van der Waals surface area contributed by atoms with Crippen molar-refractivity contribution in [3.8, 4) is 11.5 Å². The third kappa shape index (κ3) is 4.77. The number of halogens is 1. The number of aliphatic hydroxyl groups is 1. The van der Waals surface area contributed by atoms with Crippen LogP contribution in [-0.4, -0.2) is 58.9 Å². The lowest BCUT2D eigenvalue weighted by atomic mass is 9.84. The van der Waals surface area contributed by atoms with E-state index in [1.54, 1.807) is 48.5 Å². The van der Waals surface area contributed by atoms with Crippen molar-refractivity contribution in [3.63, 3.8) is 0 Å². The van der Waals surface area contributed by atoms with Gasteiger partial charge in [0.15, 0.2) is 0 Å². The second kappa shape index (κ2) is 8.66. The average Bonchev–Trinajstić information content (AvgIpc) is 3.14. The van der Waals surface area contributed by atoms with Crippen LogP contribution >= 0.6 is 11.6 Å². The number of piperidine rings is 1. The van der Waals surface area contributed by atoms with Crippen molar-refractivity contribution in [2.45, 2.75) is 37.3 Å². The molecule has 158 valence electrons. The second-order valence-electron chi connectivity index (χ2n) is 8.06. The Balaban J connectivity index is 1.32. The lowest BCUT2D eigenvalue weighted by Crippen LogP contribution is -2.49. The molecule has 2 aromatic rings. The van der Waals surface area contributed by atoms with Crippen molar-refractivity contribution < 1.29 is 14.6 Å². The molecule has 0 spiro atoms. The summed E-state index contributed by atoms with van der Waals surface area (Å²) in [6.07, 6.45) is 4.61. The van der Waals surface area contributed by atoms with Gasteiger partial charge in [0.25, 0.3) is 5.91 Å². The van der Waals surface area contributed by atoms with E-state index < -0.39 is 5.60 Å². The van der Waals surface area contributed by atoms with Crippen molar-refractivity contribution in [1.29, 1.82) is 0 Å². The van der Waals surface area contributed by atoms with E-state index in [1.807, 2.05) is 23.2 Å². The Morgan fingerprint density at radius 3 is 2.30 bits per heavy atom. The minimum Gasteiger partial charge on any atom is -0.457 e. The van der Waals surface area contributed by atoms with E-state index in [9.17, 15) is 9.90 Å². The third-order valence-corrected chi connectivity index (χ3v) is 6.17. The fourth-order valence-corrected chi connectivity index (χ4v) is 4.14. The summed E-state index contributed by atoms with van der Waals surface area (Å²) in [5, 5.41) is 17.8. The fourth-order valence-electron chi connectivity index (χ4n) is 4.02. The predicted molar refractivity (Wildman–Crippen MR) is 117 cm³/mol. The fraction of sp³-hybridized carbons (Fsp3) is 0.391. The molecule has 0 aliphatic carbocycles. The van der Waals surface area contributed by atoms with Gasteiger partial charge in [0.2, 0.25) is 0 Å². The molecule has 2 heterocycles. The van der Waals surface area contributed by atoms with Crippen molar-refractivity contribution in [3.05, 3.63) is 59.1 Å². The Labute approximate surface area is 181 Å². The molecule has 7 heteroatoms. The Hall–Kier alpha value is -2.57. The maximum Gasteiger partial charge on any atom is 0.253 e. The van der Waals surface area contributed by atoms with Gasteiger partial charge < -0.3 is 14.7 Å². The van der Waals surface area contributed by atoms with Crippen molar-refractivity contribution in [2.24, 2.45) is 5.10 Å². The van der Waals surface area contributed by atoms with Crippen LogP contribution in [0.5, 0.6) is 11.5 Å². The number of hydrogen-bond acceptors (Lipinski definition) is 5. The first-order valence-corrected chi connectivity index (χ1v) is 10.6. The highest BCUT2D eigenvalue weighted by Crippen LogP contribution is 2.31. The molecule has 1 atom stereocenters. The van der Waals surface area contributed by atoms with E-state index in [0.29, 0.717) is 54.4 Å². The van der Waals surface area contributed by atoms with Crippen LogP contribution in [0.1, 0.15) is 36.0 Å². The number of ether oxygens (including phenoxy) is 1. The Morgan fingerprint density at radius 2 is 1.73 bits per heavy atom. The van der Waals surface area contributed by atoms with Crippen LogP contribution in [0.4, 0.5) is 0 Å². The Kier molecular flexibility index (Phi) is 5.97. The number of likely N-dealkylation sites (tertiary alicyclic amines) is 1. The number of rotatable bonds is 5. The number of carbonyl (C=O) groups excluding carboxylic acids is 1. The summed E-state index contributed by atoms with van der Waals surface area (Å²) >= 11 is 5.89. The number of hydrogen-bond donors (Lipinski definition) is 1. The second-order valence-corrected chi connectivity index (χ2v) is 8.50. The molecule has 30 heavy (non-hydrogen) atoms. The largest absolute Gasteiger partial charge is 0.457 e. The smallest absolute Gasteiger partial charge is 0.253 e. The first-order valence-electron chi connectivity index (χ1n) is 10.2. The van der Waals surface area contributed by atoms with Gasteiger partial charge in [-0.1, -0.05) is 11.6 Å². The molecule has 0 bridgehead atoms. The molecule has 1 saturated heterocycles. The maximum absolute atomic E-state index is 12.9. The summed E-state index contributed by atoms with van der Waals surface area (Å²) in [5.74, 6) is 1.33. The van der Waals surface area contributed by atoms with E-state index in [-0.39, 0.29) is 11.9 Å². The normalized spacial score (nSPS) is 20.4. The molecule has 2 aliphatic rings. The van der Waals surface area contributed by atoms with Gasteiger partial charge in [-0.3, -0.25) is 9.80 Å². The summed E-state index contributed by atoms with van der Waals surface area (Å²) in [7, 11) is 1.94. The van der Waals surface area contributed by atoms with E-state index in [1.165, 1.54) is 0 Å². The quantitative estimate of drug-likeness (QED) is 0.777. The third-order valence-electron chi connectivity index (χ3n) is 5.92. The van der Waals surface area contributed by atoms with Gasteiger partial charge in [-0.25, -0.2) is 0 Å². The molecule has 1 N–H and O–H groups in total. The van der Waals surface area contributed by atoms with E-state index in [2.05, 4.69) is 5.10 Å². The zero-order valence-electron chi connectivity index (χ0n) is 17.0. The highest BCUT2D eigenvalue weighted by molar-refractivity contribution is 6.30. The maximum atomic E-state index is 12.9. The summed E-state index contributed by atoms with van der Waals surface area (Å²) in [6.45, 7) is 1.10. The van der Waals surface area contributed by atoms with E-state index in [4.69, 9.17) is 16.3 Å². The predicted octanol–water partition coefficient (Wildman–Crippen LogP) is 4.18. The topological polar surface area (TPSA) is 65.4 Å². The van der Waals surface area contributed by atoms with Crippen molar-refractivity contribution in [2.75, 3.05) is 20.1 Å². The van der Waals surface area contributed by atoms with Crippen LogP contribution in [0.3, 0.4) is 0 Å². The van der Waals surface area contributed by atoms with Gasteiger partial charge in [0.05, 0.1) is 11.6 Å². The van der Waals surface area contributed by atoms with E-state index >= 15 is 0 Å². The summed E-state index contributed by atoms with van der Waals surface area (Å²) in [5.41, 5.74) is -0.118. The van der Waals surface area contributed by atoms with Crippen LogP contribution < -0.4 is 4.74 Å². The molecule has 4 rings (SSSR count). The number of hydrazone groups is 1. The highest BCUT2D eigenvalue weighted by Gasteiger charge is 2.37. The number of carbonyl (C=O) groups is 1. The molecule has 1 unspecified atom stereocenters. The van der Waals surface area contributed by atoms with Crippen LogP contribution in [0, 0.1) is 0 Å². The molecule has 2 aromatic carbocycles. The van der Waals surface area contributed by atoms with Gasteiger partial charge in [-0.05, 0) is 67.8 Å².